The normalized spacial score (nSPS) is 11.3. The van der Waals surface area contributed by atoms with Gasteiger partial charge in [0.2, 0.25) is 10.6 Å². The summed E-state index contributed by atoms with van der Waals surface area (Å²) in [6.07, 6.45) is 5.37. The molecule has 0 saturated heterocycles. The first-order valence-electron chi connectivity index (χ1n) is 6.17. The predicted molar refractivity (Wildman–Crippen MR) is 86.3 cm³/mol. The predicted octanol–water partition coefficient (Wildman–Crippen LogP) is 3.80. The zero-order chi connectivity index (χ0) is 14.7. The fourth-order valence-electron chi connectivity index (χ4n) is 1.78. The van der Waals surface area contributed by atoms with Crippen LogP contribution in [0.5, 0.6) is 0 Å². The minimum absolute atomic E-state index is 0.415. The summed E-state index contributed by atoms with van der Waals surface area (Å²) in [6, 6.07) is 11.7. The van der Waals surface area contributed by atoms with Crippen molar-refractivity contribution in [3.8, 4) is 11.6 Å². The van der Waals surface area contributed by atoms with Crippen LogP contribution in [0.4, 0.5) is 0 Å². The van der Waals surface area contributed by atoms with E-state index >= 15 is 0 Å². The van der Waals surface area contributed by atoms with E-state index in [0.29, 0.717) is 16.4 Å². The molecule has 0 aliphatic heterocycles. The van der Waals surface area contributed by atoms with Gasteiger partial charge in [0.05, 0.1) is 12.5 Å². The van der Waals surface area contributed by atoms with Crippen LogP contribution in [0.15, 0.2) is 57.1 Å². The van der Waals surface area contributed by atoms with Gasteiger partial charge in [-0.25, -0.2) is 5.10 Å². The average Bonchev–Trinajstić information content (AvgIpc) is 3.15. The van der Waals surface area contributed by atoms with Crippen LogP contribution in [0, 0.1) is 4.77 Å². The van der Waals surface area contributed by atoms with Gasteiger partial charge in [0.25, 0.3) is 0 Å². The Hall–Kier alpha value is -2.12. The minimum Gasteiger partial charge on any atom is -0.461 e. The molecule has 0 spiro atoms. The molecule has 0 bridgehead atoms. The molecule has 2 heterocycles. The number of nitrogens with one attached hydrogen (secondary N) is 1. The first-order valence-corrected chi connectivity index (χ1v) is 7.81. The highest BCUT2D eigenvalue weighted by molar-refractivity contribution is 7.98. The highest BCUT2D eigenvalue weighted by atomic mass is 32.2. The van der Waals surface area contributed by atoms with Gasteiger partial charge in [-0.05, 0) is 48.3 Å². The zero-order valence-corrected chi connectivity index (χ0v) is 12.8. The molecule has 3 aromatic rings. The third kappa shape index (κ3) is 2.98. The van der Waals surface area contributed by atoms with Gasteiger partial charge in [-0.1, -0.05) is 12.1 Å². The molecule has 0 unspecified atom stereocenters. The summed E-state index contributed by atoms with van der Waals surface area (Å²) in [5, 5.41) is 11.2. The van der Waals surface area contributed by atoms with E-state index < -0.39 is 0 Å². The van der Waals surface area contributed by atoms with Gasteiger partial charge in [0.1, 0.15) is 0 Å². The highest BCUT2D eigenvalue weighted by Gasteiger charge is 2.10. The lowest BCUT2D eigenvalue weighted by molar-refractivity contribution is 0.573. The molecule has 2 aromatic heterocycles. The molecule has 0 amide bonds. The molecule has 0 aliphatic carbocycles. The van der Waals surface area contributed by atoms with E-state index in [4.69, 9.17) is 16.6 Å². The Morgan fingerprint density at radius 1 is 1.33 bits per heavy atom. The SMILES string of the molecule is CSc1ccc(/C=N\n2c(-c3ccco3)n[nH]c2=S)cc1. The Bertz CT molecular complexity index is 800. The summed E-state index contributed by atoms with van der Waals surface area (Å²) in [5.74, 6) is 1.15. The Kier molecular flexibility index (Phi) is 4.03. The number of rotatable bonds is 4. The van der Waals surface area contributed by atoms with Crippen molar-refractivity contribution in [3.05, 3.63) is 53.0 Å². The number of H-pyrrole nitrogens is 1. The molecule has 0 fully saturated rings. The maximum Gasteiger partial charge on any atom is 0.219 e. The molecule has 106 valence electrons. The summed E-state index contributed by atoms with van der Waals surface area (Å²) >= 11 is 6.89. The van der Waals surface area contributed by atoms with Gasteiger partial charge in [-0.2, -0.15) is 9.78 Å². The molecule has 1 aromatic carbocycles. The van der Waals surface area contributed by atoms with Crippen molar-refractivity contribution >= 4 is 30.2 Å². The summed E-state index contributed by atoms with van der Waals surface area (Å²) in [6.45, 7) is 0. The maximum atomic E-state index is 5.33. The average molecular weight is 316 g/mol. The van der Waals surface area contributed by atoms with Crippen molar-refractivity contribution in [1.82, 2.24) is 14.9 Å². The number of aromatic nitrogens is 3. The number of hydrogen-bond donors (Lipinski definition) is 1. The number of furan rings is 1. The fourth-order valence-corrected chi connectivity index (χ4v) is 2.37. The smallest absolute Gasteiger partial charge is 0.219 e. The largest absolute Gasteiger partial charge is 0.461 e. The first-order chi connectivity index (χ1) is 10.3. The van der Waals surface area contributed by atoms with Crippen LogP contribution in [-0.2, 0) is 0 Å². The maximum absolute atomic E-state index is 5.33. The van der Waals surface area contributed by atoms with Crippen LogP contribution < -0.4 is 0 Å². The van der Waals surface area contributed by atoms with Crippen molar-refractivity contribution < 1.29 is 4.42 Å². The van der Waals surface area contributed by atoms with E-state index in [2.05, 4.69) is 15.3 Å². The van der Waals surface area contributed by atoms with Crippen LogP contribution in [0.2, 0.25) is 0 Å². The van der Waals surface area contributed by atoms with Crippen LogP contribution in [0.1, 0.15) is 5.56 Å². The Labute approximate surface area is 130 Å². The summed E-state index contributed by atoms with van der Waals surface area (Å²) < 4.78 is 7.28. The van der Waals surface area contributed by atoms with Gasteiger partial charge < -0.3 is 4.42 Å². The van der Waals surface area contributed by atoms with Crippen LogP contribution >= 0.6 is 24.0 Å². The molecule has 0 radical (unpaired) electrons. The molecule has 7 heteroatoms. The molecule has 3 rings (SSSR count). The fraction of sp³-hybridized carbons (Fsp3) is 0.0714. The van der Waals surface area contributed by atoms with E-state index in [0.717, 1.165) is 5.56 Å². The lowest BCUT2D eigenvalue weighted by Crippen LogP contribution is -1.94. The van der Waals surface area contributed by atoms with Crippen LogP contribution in [0.25, 0.3) is 11.6 Å². The van der Waals surface area contributed by atoms with Crippen molar-refractivity contribution in [2.24, 2.45) is 5.10 Å². The molecule has 21 heavy (non-hydrogen) atoms. The van der Waals surface area contributed by atoms with Crippen molar-refractivity contribution in [2.75, 3.05) is 6.26 Å². The summed E-state index contributed by atoms with van der Waals surface area (Å²) in [7, 11) is 0. The van der Waals surface area contributed by atoms with E-state index in [1.165, 1.54) is 9.57 Å². The topological polar surface area (TPSA) is 59.1 Å². The number of hydrogen-bond acceptors (Lipinski definition) is 5. The Morgan fingerprint density at radius 3 is 2.81 bits per heavy atom. The van der Waals surface area contributed by atoms with Gasteiger partial charge in [0.15, 0.2) is 5.76 Å². The zero-order valence-electron chi connectivity index (χ0n) is 11.2. The van der Waals surface area contributed by atoms with Crippen LogP contribution in [0.3, 0.4) is 0 Å². The highest BCUT2D eigenvalue weighted by Crippen LogP contribution is 2.17. The number of thioether (sulfide) groups is 1. The van der Waals surface area contributed by atoms with Gasteiger partial charge >= 0.3 is 0 Å². The van der Waals surface area contributed by atoms with E-state index in [1.807, 2.05) is 36.6 Å². The van der Waals surface area contributed by atoms with E-state index in [1.54, 1.807) is 30.3 Å². The third-order valence-corrected chi connectivity index (χ3v) is 3.84. The molecule has 0 atom stereocenters. The van der Waals surface area contributed by atoms with Crippen LogP contribution in [-0.4, -0.2) is 27.3 Å². The molecule has 0 saturated carbocycles. The molecule has 1 N–H and O–H groups in total. The lowest BCUT2D eigenvalue weighted by Gasteiger charge is -1.98. The minimum atomic E-state index is 0.415. The lowest BCUT2D eigenvalue weighted by atomic mass is 10.2. The second-order valence-corrected chi connectivity index (χ2v) is 5.43. The number of nitrogens with zero attached hydrogens (tertiary/aromatic N) is 3. The standard InChI is InChI=1S/C14H12N4OS2/c1-21-11-6-4-10(5-7-11)9-15-18-13(16-17-14(18)20)12-3-2-8-19-12/h2-9H,1H3,(H,17,20)/b15-9-. The molecular weight excluding hydrogens is 304 g/mol. The van der Waals surface area contributed by atoms with E-state index in [-0.39, 0.29) is 0 Å². The first kappa shape index (κ1) is 13.8. The van der Waals surface area contributed by atoms with Gasteiger partial charge in [-0.3, -0.25) is 0 Å². The molecule has 0 aliphatic rings. The Morgan fingerprint density at radius 2 is 2.14 bits per heavy atom. The third-order valence-electron chi connectivity index (χ3n) is 2.83. The van der Waals surface area contributed by atoms with Gasteiger partial charge in [-0.15, -0.1) is 16.9 Å². The monoisotopic (exact) mass is 316 g/mol. The molecular formula is C14H12N4OS2. The van der Waals surface area contributed by atoms with Crippen molar-refractivity contribution in [1.29, 1.82) is 0 Å². The Balaban J connectivity index is 1.92. The number of benzene rings is 1. The molecule has 5 nitrogen and oxygen atoms in total. The summed E-state index contributed by atoms with van der Waals surface area (Å²) in [5.41, 5.74) is 0.987. The van der Waals surface area contributed by atoms with Crippen molar-refractivity contribution in [2.45, 2.75) is 4.90 Å². The number of aromatic amines is 1. The van der Waals surface area contributed by atoms with Crippen molar-refractivity contribution in [3.63, 3.8) is 0 Å². The van der Waals surface area contributed by atoms with E-state index in [9.17, 15) is 0 Å². The van der Waals surface area contributed by atoms with Gasteiger partial charge in [0, 0.05) is 4.90 Å². The second kappa shape index (κ2) is 6.11. The second-order valence-electron chi connectivity index (χ2n) is 4.16. The summed E-state index contributed by atoms with van der Waals surface area (Å²) in [4.78, 5) is 1.21. The quantitative estimate of drug-likeness (QED) is 0.452.